The van der Waals surface area contributed by atoms with Gasteiger partial charge in [-0.15, -0.1) is 0 Å². The maximum Gasteiger partial charge on any atom is -0.00146 e. The van der Waals surface area contributed by atoms with E-state index in [1.165, 1.54) is 37.8 Å². The molecule has 0 bridgehead atoms. The van der Waals surface area contributed by atoms with Gasteiger partial charge in [0.1, 0.15) is 0 Å². The van der Waals surface area contributed by atoms with Crippen molar-refractivity contribution in [1.82, 2.24) is 5.32 Å². The zero-order valence-corrected chi connectivity index (χ0v) is 13.5. The molecule has 1 nitrogen and oxygen atoms in total. The van der Waals surface area contributed by atoms with Crippen molar-refractivity contribution in [2.75, 3.05) is 13.1 Å². The molecular formula is C19H31N. The molecule has 1 heteroatoms. The van der Waals surface area contributed by atoms with Gasteiger partial charge in [0.15, 0.2) is 0 Å². The molecule has 0 radical (unpaired) electrons. The Bertz CT molecular complexity index is 379. The lowest BCUT2D eigenvalue weighted by Gasteiger charge is -2.32. The van der Waals surface area contributed by atoms with E-state index < -0.39 is 0 Å². The summed E-state index contributed by atoms with van der Waals surface area (Å²) < 4.78 is 0. The van der Waals surface area contributed by atoms with Crippen LogP contribution in [0.25, 0.3) is 0 Å². The Kier molecular flexibility index (Phi) is 6.09. The number of rotatable bonds is 6. The second kappa shape index (κ2) is 7.83. The molecule has 1 aliphatic rings. The summed E-state index contributed by atoms with van der Waals surface area (Å²) in [5, 5.41) is 3.68. The Morgan fingerprint density at radius 1 is 1.10 bits per heavy atom. The van der Waals surface area contributed by atoms with Crippen molar-refractivity contribution in [1.29, 1.82) is 0 Å². The lowest BCUT2D eigenvalue weighted by Crippen LogP contribution is -2.31. The molecule has 1 N–H and O–H groups in total. The van der Waals surface area contributed by atoms with Gasteiger partial charge in [0.2, 0.25) is 0 Å². The molecule has 0 heterocycles. The van der Waals surface area contributed by atoms with Gasteiger partial charge in [-0.05, 0) is 61.2 Å². The maximum atomic E-state index is 3.68. The van der Waals surface area contributed by atoms with E-state index in [0.29, 0.717) is 0 Å². The number of hydrogen-bond donors (Lipinski definition) is 1. The summed E-state index contributed by atoms with van der Waals surface area (Å²) in [6.07, 6.45) is 6.73. The zero-order valence-electron chi connectivity index (χ0n) is 13.5. The molecule has 0 amide bonds. The molecule has 1 aliphatic carbocycles. The van der Waals surface area contributed by atoms with Gasteiger partial charge in [0.25, 0.3) is 0 Å². The third kappa shape index (κ3) is 4.34. The SMILES string of the molecule is CCc1ccc(C2CCCCC2CNCC(C)C)cc1. The highest BCUT2D eigenvalue weighted by molar-refractivity contribution is 5.26. The molecule has 2 unspecified atom stereocenters. The molecule has 1 saturated carbocycles. The molecule has 2 rings (SSSR count). The average Bonchev–Trinajstić information content (AvgIpc) is 2.47. The van der Waals surface area contributed by atoms with E-state index in [4.69, 9.17) is 0 Å². The van der Waals surface area contributed by atoms with E-state index in [-0.39, 0.29) is 0 Å². The predicted molar refractivity (Wildman–Crippen MR) is 88.2 cm³/mol. The monoisotopic (exact) mass is 273 g/mol. The van der Waals surface area contributed by atoms with Gasteiger partial charge in [-0.1, -0.05) is 57.9 Å². The van der Waals surface area contributed by atoms with Crippen molar-refractivity contribution in [3.05, 3.63) is 35.4 Å². The first-order valence-corrected chi connectivity index (χ1v) is 8.50. The molecular weight excluding hydrogens is 242 g/mol. The van der Waals surface area contributed by atoms with Gasteiger partial charge >= 0.3 is 0 Å². The second-order valence-electron chi connectivity index (χ2n) is 6.80. The Morgan fingerprint density at radius 3 is 2.45 bits per heavy atom. The van der Waals surface area contributed by atoms with E-state index in [9.17, 15) is 0 Å². The van der Waals surface area contributed by atoms with Gasteiger partial charge < -0.3 is 5.32 Å². The van der Waals surface area contributed by atoms with Crippen LogP contribution in [0.2, 0.25) is 0 Å². The summed E-state index contributed by atoms with van der Waals surface area (Å²) in [5.41, 5.74) is 3.03. The molecule has 2 atom stereocenters. The summed E-state index contributed by atoms with van der Waals surface area (Å²) >= 11 is 0. The third-order valence-electron chi connectivity index (χ3n) is 4.68. The Balaban J connectivity index is 1.98. The number of hydrogen-bond acceptors (Lipinski definition) is 1. The van der Waals surface area contributed by atoms with Crippen molar-refractivity contribution in [3.63, 3.8) is 0 Å². The molecule has 0 aliphatic heterocycles. The highest BCUT2D eigenvalue weighted by Gasteiger charge is 2.26. The van der Waals surface area contributed by atoms with E-state index in [0.717, 1.165) is 30.7 Å². The van der Waals surface area contributed by atoms with Crippen LogP contribution in [0, 0.1) is 11.8 Å². The fraction of sp³-hybridized carbons (Fsp3) is 0.684. The van der Waals surface area contributed by atoms with E-state index in [1.807, 2.05) is 0 Å². The van der Waals surface area contributed by atoms with E-state index >= 15 is 0 Å². The van der Waals surface area contributed by atoms with Crippen LogP contribution in [-0.4, -0.2) is 13.1 Å². The van der Waals surface area contributed by atoms with Crippen molar-refractivity contribution >= 4 is 0 Å². The molecule has 1 aromatic rings. The Morgan fingerprint density at radius 2 is 1.80 bits per heavy atom. The van der Waals surface area contributed by atoms with Crippen LogP contribution in [0.5, 0.6) is 0 Å². The van der Waals surface area contributed by atoms with Gasteiger partial charge in [-0.25, -0.2) is 0 Å². The first kappa shape index (κ1) is 15.6. The van der Waals surface area contributed by atoms with Crippen LogP contribution in [0.15, 0.2) is 24.3 Å². The quantitative estimate of drug-likeness (QED) is 0.787. The summed E-state index contributed by atoms with van der Waals surface area (Å²) in [4.78, 5) is 0. The first-order valence-electron chi connectivity index (χ1n) is 8.50. The molecule has 0 saturated heterocycles. The molecule has 0 spiro atoms. The fourth-order valence-corrected chi connectivity index (χ4v) is 3.45. The number of benzene rings is 1. The highest BCUT2D eigenvalue weighted by Crippen LogP contribution is 2.37. The van der Waals surface area contributed by atoms with Gasteiger partial charge in [0, 0.05) is 0 Å². The van der Waals surface area contributed by atoms with Gasteiger partial charge in [-0.2, -0.15) is 0 Å². The van der Waals surface area contributed by atoms with Gasteiger partial charge in [0.05, 0.1) is 0 Å². The molecule has 112 valence electrons. The largest absolute Gasteiger partial charge is 0.316 e. The zero-order chi connectivity index (χ0) is 14.4. The summed E-state index contributed by atoms with van der Waals surface area (Å²) in [5.74, 6) is 2.35. The van der Waals surface area contributed by atoms with Crippen LogP contribution in [0.3, 0.4) is 0 Å². The Hall–Kier alpha value is -0.820. The van der Waals surface area contributed by atoms with Gasteiger partial charge in [-0.3, -0.25) is 0 Å². The molecule has 0 aromatic heterocycles. The minimum atomic E-state index is 0.751. The van der Waals surface area contributed by atoms with Crippen molar-refractivity contribution < 1.29 is 0 Å². The van der Waals surface area contributed by atoms with Crippen LogP contribution >= 0.6 is 0 Å². The molecule has 20 heavy (non-hydrogen) atoms. The standard InChI is InChI=1S/C19H31N/c1-4-16-9-11-17(12-10-16)19-8-6-5-7-18(19)14-20-13-15(2)3/h9-12,15,18-20H,4-8,13-14H2,1-3H3. The lowest BCUT2D eigenvalue weighted by atomic mass is 9.75. The minimum Gasteiger partial charge on any atom is -0.316 e. The van der Waals surface area contributed by atoms with Crippen molar-refractivity contribution in [2.45, 2.75) is 58.8 Å². The van der Waals surface area contributed by atoms with Crippen LogP contribution in [0.4, 0.5) is 0 Å². The molecule has 1 aromatic carbocycles. The number of aryl methyl sites for hydroxylation is 1. The van der Waals surface area contributed by atoms with Crippen LogP contribution in [0.1, 0.15) is 63.5 Å². The fourth-order valence-electron chi connectivity index (χ4n) is 3.45. The minimum absolute atomic E-state index is 0.751. The second-order valence-corrected chi connectivity index (χ2v) is 6.80. The van der Waals surface area contributed by atoms with Crippen LogP contribution in [-0.2, 0) is 6.42 Å². The summed E-state index contributed by atoms with van der Waals surface area (Å²) in [7, 11) is 0. The summed E-state index contributed by atoms with van der Waals surface area (Å²) in [6, 6.07) is 9.40. The first-order chi connectivity index (χ1) is 9.70. The average molecular weight is 273 g/mol. The number of nitrogens with one attached hydrogen (secondary N) is 1. The van der Waals surface area contributed by atoms with Crippen molar-refractivity contribution in [2.24, 2.45) is 11.8 Å². The van der Waals surface area contributed by atoms with E-state index in [1.54, 1.807) is 5.56 Å². The normalized spacial score (nSPS) is 23.2. The van der Waals surface area contributed by atoms with Crippen molar-refractivity contribution in [3.8, 4) is 0 Å². The molecule has 1 fully saturated rings. The summed E-state index contributed by atoms with van der Waals surface area (Å²) in [6.45, 7) is 9.15. The topological polar surface area (TPSA) is 12.0 Å². The third-order valence-corrected chi connectivity index (χ3v) is 4.68. The smallest absolute Gasteiger partial charge is 0.00146 e. The maximum absolute atomic E-state index is 3.68. The highest BCUT2D eigenvalue weighted by atomic mass is 14.9. The predicted octanol–water partition coefficient (Wildman–Crippen LogP) is 4.77. The lowest BCUT2D eigenvalue weighted by molar-refractivity contribution is 0.292. The Labute approximate surface area is 125 Å². The van der Waals surface area contributed by atoms with Crippen LogP contribution < -0.4 is 5.32 Å². The van der Waals surface area contributed by atoms with E-state index in [2.05, 4.69) is 50.4 Å².